The third-order valence-electron chi connectivity index (χ3n) is 2.41. The summed E-state index contributed by atoms with van der Waals surface area (Å²) < 4.78 is 13.0. The molecule has 0 atom stereocenters. The topological polar surface area (TPSA) is 42.0 Å². The van der Waals surface area contributed by atoms with Crippen molar-refractivity contribution in [1.82, 2.24) is 10.3 Å². The van der Waals surface area contributed by atoms with Gasteiger partial charge in [-0.1, -0.05) is 0 Å². The van der Waals surface area contributed by atoms with Gasteiger partial charge in [-0.05, 0) is 35.9 Å². The van der Waals surface area contributed by atoms with Gasteiger partial charge in [-0.15, -0.1) is 12.6 Å². The molecule has 0 aliphatic rings. The third-order valence-corrected chi connectivity index (χ3v) is 2.75. The zero-order chi connectivity index (χ0) is 13.0. The number of thiol groups is 1. The van der Waals surface area contributed by atoms with E-state index in [1.165, 1.54) is 18.2 Å². The molecule has 0 saturated heterocycles. The zero-order valence-electron chi connectivity index (χ0n) is 9.43. The number of carbonyl (C=O) groups excluding carboxylic acids is 1. The molecule has 0 bridgehead atoms. The number of nitrogens with one attached hydrogen (secondary N) is 1. The van der Waals surface area contributed by atoms with Crippen LogP contribution in [0.5, 0.6) is 0 Å². The van der Waals surface area contributed by atoms with E-state index in [0.717, 1.165) is 5.56 Å². The van der Waals surface area contributed by atoms with Gasteiger partial charge in [0.25, 0.3) is 5.91 Å². The number of pyridine rings is 1. The summed E-state index contributed by atoms with van der Waals surface area (Å²) in [7, 11) is 0. The lowest BCUT2D eigenvalue weighted by Gasteiger charge is -2.06. The van der Waals surface area contributed by atoms with Crippen LogP contribution < -0.4 is 5.32 Å². The summed E-state index contributed by atoms with van der Waals surface area (Å²) >= 11 is 3.94. The van der Waals surface area contributed by atoms with Crippen molar-refractivity contribution in [2.45, 2.75) is 11.4 Å². The van der Waals surface area contributed by atoms with Gasteiger partial charge in [0.2, 0.25) is 0 Å². The average molecular weight is 262 g/mol. The number of rotatable bonds is 3. The molecule has 0 spiro atoms. The first-order valence-electron chi connectivity index (χ1n) is 5.32. The number of halogens is 1. The highest BCUT2D eigenvalue weighted by Gasteiger charge is 2.07. The number of carbonyl (C=O) groups is 1. The molecule has 0 saturated carbocycles. The number of aromatic nitrogens is 1. The molecule has 3 nitrogen and oxygen atoms in total. The molecule has 0 radical (unpaired) electrons. The van der Waals surface area contributed by atoms with Crippen molar-refractivity contribution in [2.75, 3.05) is 0 Å². The normalized spacial score (nSPS) is 10.1. The number of nitrogens with zero attached hydrogens (tertiary/aromatic N) is 1. The van der Waals surface area contributed by atoms with Gasteiger partial charge in [-0.2, -0.15) is 0 Å². The molecular formula is C13H11FN2OS. The quantitative estimate of drug-likeness (QED) is 0.834. The molecule has 1 heterocycles. The highest BCUT2D eigenvalue weighted by atomic mass is 32.1. The van der Waals surface area contributed by atoms with Gasteiger partial charge in [0, 0.05) is 29.4 Å². The Morgan fingerprint density at radius 3 is 2.67 bits per heavy atom. The average Bonchev–Trinajstić information content (AvgIpc) is 2.40. The van der Waals surface area contributed by atoms with Crippen LogP contribution in [0.3, 0.4) is 0 Å². The van der Waals surface area contributed by atoms with Gasteiger partial charge < -0.3 is 5.32 Å². The largest absolute Gasteiger partial charge is 0.348 e. The van der Waals surface area contributed by atoms with Crippen LogP contribution in [0.2, 0.25) is 0 Å². The van der Waals surface area contributed by atoms with Crippen molar-refractivity contribution in [2.24, 2.45) is 0 Å². The summed E-state index contributed by atoms with van der Waals surface area (Å²) in [4.78, 5) is 15.8. The lowest BCUT2D eigenvalue weighted by Crippen LogP contribution is -2.22. The van der Waals surface area contributed by atoms with Gasteiger partial charge in [-0.3, -0.25) is 9.78 Å². The molecule has 92 valence electrons. The first kappa shape index (κ1) is 12.6. The highest BCUT2D eigenvalue weighted by molar-refractivity contribution is 7.80. The van der Waals surface area contributed by atoms with E-state index < -0.39 is 5.82 Å². The lowest BCUT2D eigenvalue weighted by molar-refractivity contribution is 0.0950. The van der Waals surface area contributed by atoms with Crippen LogP contribution in [0, 0.1) is 5.82 Å². The van der Waals surface area contributed by atoms with Crippen LogP contribution >= 0.6 is 12.6 Å². The van der Waals surface area contributed by atoms with E-state index in [-0.39, 0.29) is 10.8 Å². The SMILES string of the molecule is O=C(NCc1ccncc1)c1ccc(F)c(S)c1. The van der Waals surface area contributed by atoms with Gasteiger partial charge in [-0.25, -0.2) is 4.39 Å². The lowest BCUT2D eigenvalue weighted by atomic mass is 10.2. The van der Waals surface area contributed by atoms with Crippen molar-refractivity contribution in [3.8, 4) is 0 Å². The minimum atomic E-state index is -0.441. The number of benzene rings is 1. The Morgan fingerprint density at radius 2 is 2.00 bits per heavy atom. The fourth-order valence-corrected chi connectivity index (χ4v) is 1.65. The second kappa shape index (κ2) is 5.64. The van der Waals surface area contributed by atoms with Gasteiger partial charge in [0.1, 0.15) is 5.82 Å². The second-order valence-corrected chi connectivity index (χ2v) is 4.19. The third kappa shape index (κ3) is 3.07. The first-order chi connectivity index (χ1) is 8.66. The second-order valence-electron chi connectivity index (χ2n) is 3.70. The Balaban J connectivity index is 2.02. The standard InChI is InChI=1S/C13H11FN2OS/c14-11-2-1-10(7-12(11)18)13(17)16-8-9-3-5-15-6-4-9/h1-7,18H,8H2,(H,16,17). The van der Waals surface area contributed by atoms with Crippen LogP contribution in [0.4, 0.5) is 4.39 Å². The van der Waals surface area contributed by atoms with Gasteiger partial charge in [0.15, 0.2) is 0 Å². The van der Waals surface area contributed by atoms with Crippen LogP contribution in [-0.2, 0) is 6.54 Å². The smallest absolute Gasteiger partial charge is 0.251 e. The Bertz CT molecular complexity index is 560. The Kier molecular flexibility index (Phi) is 3.94. The van der Waals surface area contributed by atoms with E-state index in [1.54, 1.807) is 12.4 Å². The molecule has 1 aromatic carbocycles. The molecule has 18 heavy (non-hydrogen) atoms. The molecule has 1 amide bonds. The van der Waals surface area contributed by atoms with E-state index in [9.17, 15) is 9.18 Å². The highest BCUT2D eigenvalue weighted by Crippen LogP contribution is 2.14. The molecule has 0 fully saturated rings. The summed E-state index contributed by atoms with van der Waals surface area (Å²) in [6, 6.07) is 7.69. The molecule has 1 aromatic heterocycles. The summed E-state index contributed by atoms with van der Waals surface area (Å²) in [5.74, 6) is -0.703. The van der Waals surface area contributed by atoms with E-state index in [1.807, 2.05) is 12.1 Å². The maximum atomic E-state index is 13.0. The van der Waals surface area contributed by atoms with E-state index in [0.29, 0.717) is 12.1 Å². The zero-order valence-corrected chi connectivity index (χ0v) is 10.3. The Morgan fingerprint density at radius 1 is 1.28 bits per heavy atom. The fraction of sp³-hybridized carbons (Fsp3) is 0.0769. The minimum Gasteiger partial charge on any atom is -0.348 e. The fourth-order valence-electron chi connectivity index (χ4n) is 1.44. The molecule has 2 rings (SSSR count). The van der Waals surface area contributed by atoms with E-state index in [4.69, 9.17) is 0 Å². The van der Waals surface area contributed by atoms with Crippen molar-refractivity contribution < 1.29 is 9.18 Å². The molecule has 0 aliphatic heterocycles. The maximum absolute atomic E-state index is 13.0. The molecule has 5 heteroatoms. The van der Waals surface area contributed by atoms with Crippen LogP contribution in [0.1, 0.15) is 15.9 Å². The molecule has 0 aliphatic carbocycles. The molecule has 0 unspecified atom stereocenters. The summed E-state index contributed by atoms with van der Waals surface area (Å²) in [5.41, 5.74) is 1.34. The van der Waals surface area contributed by atoms with Crippen LogP contribution in [0.15, 0.2) is 47.6 Å². The molecular weight excluding hydrogens is 251 g/mol. The predicted molar refractivity (Wildman–Crippen MR) is 69.1 cm³/mol. The van der Waals surface area contributed by atoms with Gasteiger partial charge in [0.05, 0.1) is 0 Å². The number of hydrogen-bond acceptors (Lipinski definition) is 3. The van der Waals surface area contributed by atoms with Gasteiger partial charge >= 0.3 is 0 Å². The van der Waals surface area contributed by atoms with Crippen molar-refractivity contribution in [3.63, 3.8) is 0 Å². The summed E-state index contributed by atoms with van der Waals surface area (Å²) in [6.07, 6.45) is 3.32. The predicted octanol–water partition coefficient (Wildman–Crippen LogP) is 2.44. The minimum absolute atomic E-state index is 0.159. The maximum Gasteiger partial charge on any atom is 0.251 e. The van der Waals surface area contributed by atoms with Crippen LogP contribution in [0.25, 0.3) is 0 Å². The Hall–Kier alpha value is -1.88. The molecule has 2 aromatic rings. The summed E-state index contributed by atoms with van der Waals surface area (Å²) in [6.45, 7) is 0.403. The molecule has 1 N–H and O–H groups in total. The van der Waals surface area contributed by atoms with E-state index in [2.05, 4.69) is 22.9 Å². The summed E-state index contributed by atoms with van der Waals surface area (Å²) in [5, 5.41) is 2.74. The van der Waals surface area contributed by atoms with Crippen molar-refractivity contribution in [1.29, 1.82) is 0 Å². The van der Waals surface area contributed by atoms with Crippen LogP contribution in [-0.4, -0.2) is 10.9 Å². The van der Waals surface area contributed by atoms with Crippen molar-refractivity contribution >= 4 is 18.5 Å². The monoisotopic (exact) mass is 262 g/mol. The van der Waals surface area contributed by atoms with E-state index >= 15 is 0 Å². The number of hydrogen-bond donors (Lipinski definition) is 2. The Labute approximate surface area is 109 Å². The first-order valence-corrected chi connectivity index (χ1v) is 5.77. The van der Waals surface area contributed by atoms with Crippen molar-refractivity contribution in [3.05, 3.63) is 59.7 Å². The number of amides is 1.